The van der Waals surface area contributed by atoms with Gasteiger partial charge in [-0.3, -0.25) is 9.48 Å². The molecule has 5 rings (SSSR count). The van der Waals surface area contributed by atoms with E-state index in [1.165, 1.54) is 17.5 Å². The zero-order chi connectivity index (χ0) is 24.0. The standard InChI is InChI=1S/C29H33N5O/c30-13-14-31-19-22-7-9-24(10-8-22)25-11-12-27-20-32-34(28(27)18-25)21-23-5-4-6-26(17-23)29(35)33-15-2-1-3-16-33/h4-12,17-18,20,31H,1-3,13-16,19,21,30H2. The van der Waals surface area contributed by atoms with Gasteiger partial charge in [-0.05, 0) is 59.7 Å². The molecule has 6 nitrogen and oxygen atoms in total. The van der Waals surface area contributed by atoms with Crippen LogP contribution in [0, 0.1) is 0 Å². The number of carbonyl (C=O) groups excluding carboxylic acids is 1. The highest BCUT2D eigenvalue weighted by molar-refractivity contribution is 5.94. The topological polar surface area (TPSA) is 76.2 Å². The van der Waals surface area contributed by atoms with Gasteiger partial charge in [-0.1, -0.05) is 48.5 Å². The summed E-state index contributed by atoms with van der Waals surface area (Å²) in [4.78, 5) is 14.9. The lowest BCUT2D eigenvalue weighted by Crippen LogP contribution is -2.35. The lowest BCUT2D eigenvalue weighted by atomic mass is 10.0. The summed E-state index contributed by atoms with van der Waals surface area (Å²) in [5.41, 5.74) is 12.1. The van der Waals surface area contributed by atoms with E-state index in [1.54, 1.807) is 0 Å². The van der Waals surface area contributed by atoms with Crippen molar-refractivity contribution in [2.75, 3.05) is 26.2 Å². The first kappa shape index (κ1) is 23.3. The Hall–Kier alpha value is -3.48. The van der Waals surface area contributed by atoms with Crippen LogP contribution in [0.5, 0.6) is 0 Å². The van der Waals surface area contributed by atoms with E-state index in [-0.39, 0.29) is 5.91 Å². The van der Waals surface area contributed by atoms with Crippen LogP contribution in [0.3, 0.4) is 0 Å². The molecule has 0 atom stereocenters. The van der Waals surface area contributed by atoms with Gasteiger partial charge >= 0.3 is 0 Å². The second kappa shape index (κ2) is 10.8. The van der Waals surface area contributed by atoms with Crippen molar-refractivity contribution < 1.29 is 4.79 Å². The van der Waals surface area contributed by atoms with Crippen LogP contribution in [0.25, 0.3) is 22.0 Å². The minimum absolute atomic E-state index is 0.140. The zero-order valence-corrected chi connectivity index (χ0v) is 20.1. The van der Waals surface area contributed by atoms with Crippen LogP contribution in [0.2, 0.25) is 0 Å². The molecule has 0 bridgehead atoms. The Morgan fingerprint density at radius 3 is 2.51 bits per heavy atom. The Labute approximate surface area is 206 Å². The fourth-order valence-corrected chi connectivity index (χ4v) is 4.78. The van der Waals surface area contributed by atoms with Crippen molar-refractivity contribution >= 4 is 16.8 Å². The number of hydrogen-bond acceptors (Lipinski definition) is 4. The number of nitrogens with one attached hydrogen (secondary N) is 1. The van der Waals surface area contributed by atoms with Crippen LogP contribution in [0.4, 0.5) is 0 Å². The molecule has 1 aliphatic rings. The molecule has 4 aromatic rings. The monoisotopic (exact) mass is 467 g/mol. The van der Waals surface area contributed by atoms with Gasteiger partial charge in [-0.15, -0.1) is 0 Å². The maximum absolute atomic E-state index is 13.0. The van der Waals surface area contributed by atoms with E-state index in [1.807, 2.05) is 34.0 Å². The average Bonchev–Trinajstić information content (AvgIpc) is 3.31. The van der Waals surface area contributed by atoms with Crippen LogP contribution in [0.15, 0.2) is 72.9 Å². The molecule has 6 heteroatoms. The summed E-state index contributed by atoms with van der Waals surface area (Å²) in [6.07, 6.45) is 5.32. The van der Waals surface area contributed by atoms with Crippen molar-refractivity contribution in [2.24, 2.45) is 5.73 Å². The molecule has 35 heavy (non-hydrogen) atoms. The third-order valence-corrected chi connectivity index (χ3v) is 6.73. The predicted octanol–water partition coefficient (Wildman–Crippen LogP) is 4.43. The Kier molecular flexibility index (Phi) is 7.21. The van der Waals surface area contributed by atoms with E-state index in [2.05, 4.69) is 58.9 Å². The molecule has 1 aromatic heterocycles. The SMILES string of the molecule is NCCNCc1ccc(-c2ccc3cnn(Cc4cccc(C(=O)N5CCCCC5)c4)c3c2)cc1. The van der Waals surface area contributed by atoms with Gasteiger partial charge in [0.2, 0.25) is 0 Å². The number of hydrogen-bond donors (Lipinski definition) is 2. The van der Waals surface area contributed by atoms with Crippen LogP contribution in [0.1, 0.15) is 40.7 Å². The summed E-state index contributed by atoms with van der Waals surface area (Å²) in [6.45, 7) is 4.63. The number of piperidine rings is 1. The van der Waals surface area contributed by atoms with E-state index in [4.69, 9.17) is 5.73 Å². The number of amides is 1. The van der Waals surface area contributed by atoms with Crippen LogP contribution < -0.4 is 11.1 Å². The molecule has 0 unspecified atom stereocenters. The molecule has 0 spiro atoms. The number of carbonyl (C=O) groups is 1. The second-order valence-corrected chi connectivity index (χ2v) is 9.29. The number of benzene rings is 3. The minimum Gasteiger partial charge on any atom is -0.339 e. The predicted molar refractivity (Wildman–Crippen MR) is 141 cm³/mol. The lowest BCUT2D eigenvalue weighted by molar-refractivity contribution is 0.0724. The third-order valence-electron chi connectivity index (χ3n) is 6.73. The number of nitrogens with two attached hydrogens (primary N) is 1. The summed E-state index contributed by atoms with van der Waals surface area (Å²) in [6, 6.07) is 23.1. The average molecular weight is 468 g/mol. The van der Waals surface area contributed by atoms with E-state index in [0.29, 0.717) is 13.1 Å². The fraction of sp³-hybridized carbons (Fsp3) is 0.310. The van der Waals surface area contributed by atoms with E-state index in [9.17, 15) is 4.79 Å². The molecule has 0 radical (unpaired) electrons. The van der Waals surface area contributed by atoms with Gasteiger partial charge in [0.1, 0.15) is 0 Å². The number of fused-ring (bicyclic) bond motifs is 1. The van der Waals surface area contributed by atoms with Gasteiger partial charge in [0.15, 0.2) is 0 Å². The summed E-state index contributed by atoms with van der Waals surface area (Å²) < 4.78 is 2.02. The smallest absolute Gasteiger partial charge is 0.253 e. The summed E-state index contributed by atoms with van der Waals surface area (Å²) in [5.74, 6) is 0.140. The van der Waals surface area contributed by atoms with Crippen molar-refractivity contribution in [3.05, 3.63) is 89.6 Å². The molecule has 1 fully saturated rings. The normalized spacial score (nSPS) is 13.9. The maximum atomic E-state index is 13.0. The molecule has 1 aliphatic heterocycles. The molecular formula is C29H33N5O. The van der Waals surface area contributed by atoms with E-state index < -0.39 is 0 Å². The van der Waals surface area contributed by atoms with Gasteiger partial charge in [0.25, 0.3) is 5.91 Å². The Morgan fingerprint density at radius 2 is 1.71 bits per heavy atom. The molecule has 3 aromatic carbocycles. The first-order valence-electron chi connectivity index (χ1n) is 12.6. The lowest BCUT2D eigenvalue weighted by Gasteiger charge is -2.26. The van der Waals surface area contributed by atoms with Gasteiger partial charge in [-0.25, -0.2) is 0 Å². The van der Waals surface area contributed by atoms with Crippen molar-refractivity contribution in [3.8, 4) is 11.1 Å². The second-order valence-electron chi connectivity index (χ2n) is 9.29. The Bertz CT molecular complexity index is 1290. The van der Waals surface area contributed by atoms with Crippen LogP contribution in [-0.4, -0.2) is 46.8 Å². The largest absolute Gasteiger partial charge is 0.339 e. The summed E-state index contributed by atoms with van der Waals surface area (Å²) >= 11 is 0. The number of aromatic nitrogens is 2. The highest BCUT2D eigenvalue weighted by atomic mass is 16.2. The molecular weight excluding hydrogens is 434 g/mol. The number of nitrogens with zero attached hydrogens (tertiary/aromatic N) is 3. The minimum atomic E-state index is 0.140. The van der Waals surface area contributed by atoms with E-state index in [0.717, 1.165) is 66.6 Å². The van der Waals surface area contributed by atoms with E-state index >= 15 is 0 Å². The van der Waals surface area contributed by atoms with Crippen molar-refractivity contribution in [1.29, 1.82) is 0 Å². The highest BCUT2D eigenvalue weighted by Crippen LogP contribution is 2.25. The summed E-state index contributed by atoms with van der Waals surface area (Å²) in [7, 11) is 0. The van der Waals surface area contributed by atoms with Crippen LogP contribution >= 0.6 is 0 Å². The van der Waals surface area contributed by atoms with Crippen molar-refractivity contribution in [2.45, 2.75) is 32.4 Å². The zero-order valence-electron chi connectivity index (χ0n) is 20.1. The molecule has 0 aliphatic carbocycles. The highest BCUT2D eigenvalue weighted by Gasteiger charge is 2.18. The number of rotatable bonds is 8. The fourth-order valence-electron chi connectivity index (χ4n) is 4.78. The Balaban J connectivity index is 1.34. The third kappa shape index (κ3) is 5.45. The molecule has 0 saturated carbocycles. The van der Waals surface area contributed by atoms with Gasteiger partial charge in [-0.2, -0.15) is 5.10 Å². The first-order chi connectivity index (χ1) is 17.2. The maximum Gasteiger partial charge on any atom is 0.253 e. The number of likely N-dealkylation sites (tertiary alicyclic amines) is 1. The van der Waals surface area contributed by atoms with Gasteiger partial charge in [0.05, 0.1) is 18.3 Å². The molecule has 1 saturated heterocycles. The molecule has 180 valence electrons. The molecule has 2 heterocycles. The molecule has 3 N–H and O–H groups in total. The Morgan fingerprint density at radius 1 is 0.914 bits per heavy atom. The quantitative estimate of drug-likeness (QED) is 0.376. The van der Waals surface area contributed by atoms with Crippen molar-refractivity contribution in [3.63, 3.8) is 0 Å². The van der Waals surface area contributed by atoms with Gasteiger partial charge < -0.3 is 16.0 Å². The first-order valence-corrected chi connectivity index (χ1v) is 12.6. The summed E-state index contributed by atoms with van der Waals surface area (Å²) in [5, 5.41) is 9.09. The van der Waals surface area contributed by atoms with Gasteiger partial charge in [0, 0.05) is 43.7 Å². The molecule has 1 amide bonds. The van der Waals surface area contributed by atoms with Crippen molar-refractivity contribution in [1.82, 2.24) is 20.0 Å². The van der Waals surface area contributed by atoms with Crippen LogP contribution in [-0.2, 0) is 13.1 Å².